The first-order valence-corrected chi connectivity index (χ1v) is 4.51. The van der Waals surface area contributed by atoms with Crippen LogP contribution in [0.1, 0.15) is 12.5 Å². The van der Waals surface area contributed by atoms with E-state index in [4.69, 9.17) is 0 Å². The van der Waals surface area contributed by atoms with E-state index < -0.39 is 12.1 Å². The number of nitrogens with one attached hydrogen (secondary N) is 1. The van der Waals surface area contributed by atoms with Crippen molar-refractivity contribution in [2.24, 2.45) is 0 Å². The zero-order valence-corrected chi connectivity index (χ0v) is 8.51. The third-order valence-corrected chi connectivity index (χ3v) is 1.70. The molecule has 0 saturated heterocycles. The molecule has 0 saturated carbocycles. The van der Waals surface area contributed by atoms with Crippen molar-refractivity contribution in [3.63, 3.8) is 0 Å². The van der Waals surface area contributed by atoms with Gasteiger partial charge in [-0.25, -0.2) is 0 Å². The molecule has 0 aliphatic heterocycles. The van der Waals surface area contributed by atoms with Crippen molar-refractivity contribution in [3.05, 3.63) is 42.0 Å². The Labute approximate surface area is 90.8 Å². The molecule has 0 unspecified atom stereocenters. The van der Waals surface area contributed by atoms with Gasteiger partial charge >= 0.3 is 6.18 Å². The molecule has 1 amide bonds. The van der Waals surface area contributed by atoms with Crippen molar-refractivity contribution in [3.8, 4) is 0 Å². The summed E-state index contributed by atoms with van der Waals surface area (Å²) >= 11 is 0. The highest BCUT2D eigenvalue weighted by molar-refractivity contribution is 5.85. The average molecular weight is 229 g/mol. The minimum atomic E-state index is -4.46. The van der Waals surface area contributed by atoms with Gasteiger partial charge in [-0.15, -0.1) is 0 Å². The topological polar surface area (TPSA) is 29.1 Å². The summed E-state index contributed by atoms with van der Waals surface area (Å²) in [6.07, 6.45) is -4.39. The summed E-state index contributed by atoms with van der Waals surface area (Å²) in [5.74, 6) is -0.542. The van der Waals surface area contributed by atoms with Crippen molar-refractivity contribution >= 4 is 11.6 Å². The number of amides is 1. The van der Waals surface area contributed by atoms with Crippen LogP contribution in [0.3, 0.4) is 0 Å². The zero-order chi connectivity index (χ0) is 12.2. The first-order chi connectivity index (χ1) is 7.38. The molecule has 0 aromatic heterocycles. The maximum absolute atomic E-state index is 12.2. The van der Waals surface area contributed by atoms with Gasteiger partial charge in [-0.1, -0.05) is 30.3 Å². The molecular formula is C11H10F3NO. The molecule has 0 aliphatic carbocycles. The monoisotopic (exact) mass is 229 g/mol. The van der Waals surface area contributed by atoms with Crippen molar-refractivity contribution < 1.29 is 18.0 Å². The molecule has 0 aliphatic rings. The lowest BCUT2D eigenvalue weighted by Gasteiger charge is -2.09. The maximum Gasteiger partial charge on any atom is 0.411 e. The second-order valence-corrected chi connectivity index (χ2v) is 3.15. The van der Waals surface area contributed by atoms with Crippen molar-refractivity contribution in [2.45, 2.75) is 13.1 Å². The Hall–Kier alpha value is -1.78. The maximum atomic E-state index is 12.2. The van der Waals surface area contributed by atoms with E-state index in [1.165, 1.54) is 12.1 Å². The average Bonchev–Trinajstić information content (AvgIpc) is 2.15. The van der Waals surface area contributed by atoms with E-state index in [9.17, 15) is 18.0 Å². The molecular weight excluding hydrogens is 219 g/mol. The fourth-order valence-corrected chi connectivity index (χ4v) is 1.16. The fourth-order valence-electron chi connectivity index (χ4n) is 1.16. The molecule has 1 aromatic rings. The Balaban J connectivity index is 3.07. The summed E-state index contributed by atoms with van der Waals surface area (Å²) in [5.41, 5.74) is 0.0654. The van der Waals surface area contributed by atoms with Crippen molar-refractivity contribution in [1.29, 1.82) is 0 Å². The number of rotatable bonds is 2. The predicted molar refractivity (Wildman–Crippen MR) is 54.3 cm³/mol. The lowest BCUT2D eigenvalue weighted by Crippen LogP contribution is -2.20. The highest BCUT2D eigenvalue weighted by Gasteiger charge is 2.25. The van der Waals surface area contributed by atoms with Crippen LogP contribution in [0, 0.1) is 0 Å². The first kappa shape index (κ1) is 12.3. The van der Waals surface area contributed by atoms with Gasteiger partial charge in [0.05, 0.1) is 5.70 Å². The number of hydrogen-bond donors (Lipinski definition) is 1. The highest BCUT2D eigenvalue weighted by atomic mass is 19.4. The zero-order valence-electron chi connectivity index (χ0n) is 8.51. The van der Waals surface area contributed by atoms with Crippen LogP contribution in [-0.4, -0.2) is 12.1 Å². The van der Waals surface area contributed by atoms with E-state index >= 15 is 0 Å². The quantitative estimate of drug-likeness (QED) is 0.830. The van der Waals surface area contributed by atoms with Crippen LogP contribution in [-0.2, 0) is 4.79 Å². The first-order valence-electron chi connectivity index (χ1n) is 4.51. The molecule has 0 bridgehead atoms. The minimum Gasteiger partial charge on any atom is -0.326 e. The smallest absolute Gasteiger partial charge is 0.326 e. The number of carbonyl (C=O) groups excluding carboxylic acids is 1. The number of alkyl halides is 3. The standard InChI is InChI=1S/C11H10F3NO/c1-8(16)15-10(7-11(12,13)14)9-5-3-2-4-6-9/h2-7H,1H3,(H,15,16)/b10-7+. The Bertz CT molecular complexity index is 395. The van der Waals surface area contributed by atoms with E-state index in [-0.39, 0.29) is 11.8 Å². The minimum absolute atomic E-state index is 0.0731. The number of hydrogen-bond acceptors (Lipinski definition) is 1. The molecule has 1 N–H and O–H groups in total. The fraction of sp³-hybridized carbons (Fsp3) is 0.182. The van der Waals surface area contributed by atoms with Gasteiger partial charge in [0.2, 0.25) is 5.91 Å². The Morgan fingerprint density at radius 3 is 2.25 bits per heavy atom. The van der Waals surface area contributed by atoms with Gasteiger partial charge < -0.3 is 5.32 Å². The van der Waals surface area contributed by atoms with Crippen molar-refractivity contribution in [1.82, 2.24) is 5.32 Å². The molecule has 0 spiro atoms. The molecule has 0 heterocycles. The van der Waals surface area contributed by atoms with Crippen molar-refractivity contribution in [2.75, 3.05) is 0 Å². The van der Waals surface area contributed by atoms with Crippen LogP contribution >= 0.6 is 0 Å². The lowest BCUT2D eigenvalue weighted by molar-refractivity contribution is -0.117. The largest absolute Gasteiger partial charge is 0.411 e. The second kappa shape index (κ2) is 4.83. The number of carbonyl (C=O) groups is 1. The number of halogens is 3. The Kier molecular flexibility index (Phi) is 3.71. The van der Waals surface area contributed by atoms with Crippen LogP contribution in [0.25, 0.3) is 5.70 Å². The molecule has 86 valence electrons. The lowest BCUT2D eigenvalue weighted by atomic mass is 10.1. The summed E-state index contributed by atoms with van der Waals surface area (Å²) in [6, 6.07) is 7.87. The molecule has 1 aromatic carbocycles. The number of benzene rings is 1. The summed E-state index contributed by atoms with van der Waals surface area (Å²) in [7, 11) is 0. The Morgan fingerprint density at radius 1 is 1.25 bits per heavy atom. The van der Waals surface area contributed by atoms with Crippen LogP contribution in [0.5, 0.6) is 0 Å². The van der Waals surface area contributed by atoms with E-state index in [1.807, 2.05) is 0 Å². The van der Waals surface area contributed by atoms with Gasteiger partial charge in [-0.2, -0.15) is 13.2 Å². The normalized spacial score (nSPS) is 12.4. The molecule has 0 fully saturated rings. The third kappa shape index (κ3) is 4.16. The molecule has 0 radical (unpaired) electrons. The van der Waals surface area contributed by atoms with Gasteiger partial charge in [-0.05, 0) is 5.56 Å². The summed E-state index contributed by atoms with van der Waals surface area (Å²) in [6.45, 7) is 1.16. The van der Waals surface area contributed by atoms with Crippen LogP contribution in [0.2, 0.25) is 0 Å². The molecule has 0 atom stereocenters. The molecule has 16 heavy (non-hydrogen) atoms. The van der Waals surface area contributed by atoms with Gasteiger partial charge in [-0.3, -0.25) is 4.79 Å². The van der Waals surface area contributed by atoms with E-state index in [0.717, 1.165) is 6.92 Å². The van der Waals surface area contributed by atoms with Crippen LogP contribution in [0.15, 0.2) is 36.4 Å². The third-order valence-electron chi connectivity index (χ3n) is 1.70. The van der Waals surface area contributed by atoms with Crippen LogP contribution < -0.4 is 5.32 Å². The van der Waals surface area contributed by atoms with Gasteiger partial charge in [0, 0.05) is 13.0 Å². The second-order valence-electron chi connectivity index (χ2n) is 3.15. The summed E-state index contributed by atoms with van der Waals surface area (Å²) in [4.78, 5) is 10.8. The van der Waals surface area contributed by atoms with Gasteiger partial charge in [0.15, 0.2) is 0 Å². The van der Waals surface area contributed by atoms with Gasteiger partial charge in [0.25, 0.3) is 0 Å². The van der Waals surface area contributed by atoms with E-state index in [2.05, 4.69) is 5.32 Å². The van der Waals surface area contributed by atoms with Gasteiger partial charge in [0.1, 0.15) is 0 Å². The molecule has 2 nitrogen and oxygen atoms in total. The van der Waals surface area contributed by atoms with E-state index in [1.54, 1.807) is 18.2 Å². The van der Waals surface area contributed by atoms with E-state index in [0.29, 0.717) is 5.56 Å². The highest BCUT2D eigenvalue weighted by Crippen LogP contribution is 2.22. The summed E-state index contributed by atoms with van der Waals surface area (Å²) in [5, 5.41) is 2.15. The molecule has 5 heteroatoms. The summed E-state index contributed by atoms with van der Waals surface area (Å²) < 4.78 is 36.6. The van der Waals surface area contributed by atoms with Crippen LogP contribution in [0.4, 0.5) is 13.2 Å². The molecule has 1 rings (SSSR count). The Morgan fingerprint density at radius 2 is 1.81 bits per heavy atom. The number of allylic oxidation sites excluding steroid dienone is 1. The predicted octanol–water partition coefficient (Wildman–Crippen LogP) is 2.73. The SMILES string of the molecule is CC(=O)N/C(=C/C(F)(F)F)c1ccccc1.